The first kappa shape index (κ1) is 18.9. The molecule has 2 heterocycles. The lowest BCUT2D eigenvalue weighted by Gasteiger charge is -2.18. The van der Waals surface area contributed by atoms with Crippen LogP contribution in [-0.2, 0) is 0 Å². The van der Waals surface area contributed by atoms with Crippen LogP contribution in [0.3, 0.4) is 0 Å². The number of nitrogens with zero attached hydrogens (tertiary/aromatic N) is 4. The number of imidazole rings is 1. The summed E-state index contributed by atoms with van der Waals surface area (Å²) < 4.78 is 20.9. The second-order valence-electron chi connectivity index (χ2n) is 6.29. The molecule has 0 saturated heterocycles. The van der Waals surface area contributed by atoms with Gasteiger partial charge in [0.1, 0.15) is 11.4 Å². The summed E-state index contributed by atoms with van der Waals surface area (Å²) in [5, 5.41) is 0.572. The molecule has 0 radical (unpaired) electrons. The number of aromatic nitrogens is 3. The Balaban J connectivity index is 1.86. The van der Waals surface area contributed by atoms with Gasteiger partial charge in [0, 0.05) is 35.7 Å². The predicted octanol–water partition coefficient (Wildman–Crippen LogP) is 4.47. The van der Waals surface area contributed by atoms with Crippen molar-refractivity contribution in [1.29, 1.82) is 0 Å². The molecule has 6 nitrogen and oxygen atoms in total. The fourth-order valence-electron chi connectivity index (χ4n) is 3.05. The van der Waals surface area contributed by atoms with Crippen LogP contribution in [0.15, 0.2) is 60.9 Å². The number of benzene rings is 2. The van der Waals surface area contributed by atoms with Gasteiger partial charge in [-0.25, -0.2) is 14.4 Å². The van der Waals surface area contributed by atoms with Crippen LogP contribution in [0.2, 0.25) is 5.02 Å². The van der Waals surface area contributed by atoms with E-state index in [1.54, 1.807) is 60.2 Å². The molecule has 0 N–H and O–H groups in total. The SMILES string of the molecule is COc1ccc(-c2nc3ncccn3c2C(=O)N(C)c2ccc(Cl)cc2)cc1F. The summed E-state index contributed by atoms with van der Waals surface area (Å²) in [7, 11) is 3.04. The summed E-state index contributed by atoms with van der Waals surface area (Å²) in [5.74, 6) is -0.410. The first-order valence-electron chi connectivity index (χ1n) is 8.70. The molecule has 0 aliphatic heterocycles. The molecule has 0 aliphatic rings. The average Bonchev–Trinajstić information content (AvgIpc) is 3.12. The number of fused-ring (bicyclic) bond motifs is 1. The molecular formula is C21H16ClFN4O2. The Morgan fingerprint density at radius 2 is 1.97 bits per heavy atom. The van der Waals surface area contributed by atoms with Gasteiger partial charge in [-0.15, -0.1) is 0 Å². The van der Waals surface area contributed by atoms with Gasteiger partial charge >= 0.3 is 0 Å². The van der Waals surface area contributed by atoms with Gasteiger partial charge in [0.2, 0.25) is 5.78 Å². The number of hydrogen-bond acceptors (Lipinski definition) is 4. The van der Waals surface area contributed by atoms with Crippen molar-refractivity contribution in [3.05, 3.63) is 77.5 Å². The summed E-state index contributed by atoms with van der Waals surface area (Å²) in [5.41, 5.74) is 1.71. The molecule has 0 spiro atoms. The van der Waals surface area contributed by atoms with Crippen molar-refractivity contribution in [1.82, 2.24) is 14.4 Å². The van der Waals surface area contributed by atoms with Crippen LogP contribution in [0.1, 0.15) is 10.5 Å². The molecule has 0 atom stereocenters. The lowest BCUT2D eigenvalue weighted by Crippen LogP contribution is -2.28. The van der Waals surface area contributed by atoms with E-state index in [9.17, 15) is 9.18 Å². The van der Waals surface area contributed by atoms with Crippen LogP contribution >= 0.6 is 11.6 Å². The van der Waals surface area contributed by atoms with E-state index in [1.165, 1.54) is 24.1 Å². The molecule has 2 aromatic carbocycles. The van der Waals surface area contributed by atoms with Crippen molar-refractivity contribution in [2.24, 2.45) is 0 Å². The molecule has 8 heteroatoms. The maximum absolute atomic E-state index is 14.3. The Morgan fingerprint density at radius 1 is 1.21 bits per heavy atom. The van der Waals surface area contributed by atoms with Crippen molar-refractivity contribution < 1.29 is 13.9 Å². The lowest BCUT2D eigenvalue weighted by atomic mass is 10.1. The van der Waals surface area contributed by atoms with E-state index in [2.05, 4.69) is 9.97 Å². The van der Waals surface area contributed by atoms with Gasteiger partial charge in [0.25, 0.3) is 5.91 Å². The minimum atomic E-state index is -0.542. The van der Waals surface area contributed by atoms with Crippen LogP contribution in [0.4, 0.5) is 10.1 Å². The van der Waals surface area contributed by atoms with Crippen LogP contribution in [0, 0.1) is 5.82 Å². The standard InChI is InChI=1S/C21H16ClFN4O2/c1-26(15-7-5-14(22)6-8-15)20(28)19-18(25-21-24-10-3-11-27(19)21)13-4-9-17(29-2)16(23)12-13/h3-12H,1-2H3. The van der Waals surface area contributed by atoms with Crippen molar-refractivity contribution in [3.63, 3.8) is 0 Å². The fourth-order valence-corrected chi connectivity index (χ4v) is 3.17. The Bertz CT molecular complexity index is 1210. The van der Waals surface area contributed by atoms with E-state index in [0.29, 0.717) is 27.7 Å². The van der Waals surface area contributed by atoms with Crippen molar-refractivity contribution in [2.75, 3.05) is 19.1 Å². The number of ether oxygens (including phenoxy) is 1. The van der Waals surface area contributed by atoms with Crippen LogP contribution in [0.5, 0.6) is 5.75 Å². The third-order valence-corrected chi connectivity index (χ3v) is 4.80. The van der Waals surface area contributed by atoms with E-state index in [4.69, 9.17) is 16.3 Å². The van der Waals surface area contributed by atoms with Gasteiger partial charge in [-0.3, -0.25) is 9.20 Å². The Labute approximate surface area is 171 Å². The monoisotopic (exact) mass is 410 g/mol. The number of methoxy groups -OCH3 is 1. The van der Waals surface area contributed by atoms with Crippen LogP contribution < -0.4 is 9.64 Å². The smallest absolute Gasteiger partial charge is 0.277 e. The number of carbonyl (C=O) groups excluding carboxylic acids is 1. The number of amides is 1. The average molecular weight is 411 g/mol. The van der Waals surface area contributed by atoms with E-state index >= 15 is 0 Å². The number of hydrogen-bond donors (Lipinski definition) is 0. The van der Waals surface area contributed by atoms with Crippen LogP contribution in [0.25, 0.3) is 17.0 Å². The zero-order valence-corrected chi connectivity index (χ0v) is 16.4. The summed E-state index contributed by atoms with van der Waals surface area (Å²) in [4.78, 5) is 23.6. The zero-order chi connectivity index (χ0) is 20.5. The Morgan fingerprint density at radius 3 is 2.66 bits per heavy atom. The summed E-state index contributed by atoms with van der Waals surface area (Å²) in [6, 6.07) is 13.0. The predicted molar refractivity (Wildman–Crippen MR) is 109 cm³/mol. The highest BCUT2D eigenvalue weighted by Gasteiger charge is 2.25. The normalized spacial score (nSPS) is 10.9. The third-order valence-electron chi connectivity index (χ3n) is 4.55. The third kappa shape index (κ3) is 3.40. The molecule has 0 unspecified atom stereocenters. The Kier molecular flexibility index (Phi) is 4.90. The van der Waals surface area contributed by atoms with Gasteiger partial charge in [0.05, 0.1) is 7.11 Å². The van der Waals surface area contributed by atoms with Crippen molar-refractivity contribution in [3.8, 4) is 17.0 Å². The minimum Gasteiger partial charge on any atom is -0.494 e. The molecule has 0 aliphatic carbocycles. The van der Waals surface area contributed by atoms with Crippen LogP contribution in [-0.4, -0.2) is 34.4 Å². The van der Waals surface area contributed by atoms with Gasteiger partial charge < -0.3 is 9.64 Å². The first-order chi connectivity index (χ1) is 14.0. The highest BCUT2D eigenvalue weighted by atomic mass is 35.5. The molecule has 146 valence electrons. The molecule has 4 rings (SSSR count). The second-order valence-corrected chi connectivity index (χ2v) is 6.73. The van der Waals surface area contributed by atoms with E-state index < -0.39 is 5.82 Å². The maximum Gasteiger partial charge on any atom is 0.277 e. The minimum absolute atomic E-state index is 0.113. The second kappa shape index (κ2) is 7.52. The molecule has 4 aromatic rings. The molecule has 1 amide bonds. The van der Waals surface area contributed by atoms with E-state index in [-0.39, 0.29) is 17.4 Å². The Hall–Kier alpha value is -3.45. The van der Waals surface area contributed by atoms with E-state index in [0.717, 1.165) is 0 Å². The number of anilines is 1. The molecule has 0 fully saturated rings. The highest BCUT2D eigenvalue weighted by Crippen LogP contribution is 2.29. The first-order valence-corrected chi connectivity index (χ1v) is 9.08. The largest absolute Gasteiger partial charge is 0.494 e. The number of halogens is 2. The molecule has 0 saturated carbocycles. The van der Waals surface area contributed by atoms with Gasteiger partial charge in [-0.05, 0) is 48.5 Å². The van der Waals surface area contributed by atoms with Gasteiger partial charge in [-0.2, -0.15) is 0 Å². The lowest BCUT2D eigenvalue weighted by molar-refractivity contribution is 0.0988. The molecule has 29 heavy (non-hydrogen) atoms. The summed E-state index contributed by atoms with van der Waals surface area (Å²) >= 11 is 5.95. The zero-order valence-electron chi connectivity index (χ0n) is 15.6. The van der Waals surface area contributed by atoms with Gasteiger partial charge in [0.15, 0.2) is 11.6 Å². The topological polar surface area (TPSA) is 59.7 Å². The quantitative estimate of drug-likeness (QED) is 0.498. The van der Waals surface area contributed by atoms with E-state index in [1.807, 2.05) is 0 Å². The summed E-state index contributed by atoms with van der Waals surface area (Å²) in [6.07, 6.45) is 3.28. The maximum atomic E-state index is 14.3. The molecule has 0 bridgehead atoms. The number of carbonyl (C=O) groups is 1. The summed E-state index contributed by atoms with van der Waals surface area (Å²) in [6.45, 7) is 0. The van der Waals surface area contributed by atoms with Crippen molar-refractivity contribution >= 4 is 29.0 Å². The molecule has 2 aromatic heterocycles. The fraction of sp³-hybridized carbons (Fsp3) is 0.0952. The van der Waals surface area contributed by atoms with Crippen molar-refractivity contribution in [2.45, 2.75) is 0 Å². The molecular weight excluding hydrogens is 395 g/mol. The van der Waals surface area contributed by atoms with Gasteiger partial charge in [-0.1, -0.05) is 11.6 Å². The number of rotatable bonds is 4. The highest BCUT2D eigenvalue weighted by molar-refractivity contribution is 6.30.